The molecule has 0 spiro atoms. The number of aryl methyl sites for hydroxylation is 1. The van der Waals surface area contributed by atoms with Gasteiger partial charge < -0.3 is 4.74 Å². The van der Waals surface area contributed by atoms with Crippen molar-refractivity contribution in [3.8, 4) is 5.75 Å². The van der Waals surface area contributed by atoms with E-state index in [-0.39, 0.29) is 22.4 Å². The first-order valence-corrected chi connectivity index (χ1v) is 6.79. The number of hydrogen-bond acceptors (Lipinski definition) is 1. The van der Waals surface area contributed by atoms with Gasteiger partial charge in [0.2, 0.25) is 0 Å². The maximum absolute atomic E-state index is 14.0. The number of methoxy groups -OCH3 is 1. The predicted octanol–water partition coefficient (Wildman–Crippen LogP) is 4.91. The fourth-order valence-corrected chi connectivity index (χ4v) is 2.75. The molecule has 1 atom stereocenters. The molecule has 0 fully saturated rings. The molecule has 0 saturated carbocycles. The van der Waals surface area contributed by atoms with Crippen LogP contribution in [0.1, 0.15) is 21.5 Å². The van der Waals surface area contributed by atoms with Crippen LogP contribution in [0, 0.1) is 24.4 Å². The van der Waals surface area contributed by atoms with Gasteiger partial charge in [-0.15, -0.1) is 0 Å². The molecule has 1 nitrogen and oxygen atoms in total. The minimum Gasteiger partial charge on any atom is -0.496 e. The zero-order chi connectivity index (χ0) is 14.9. The van der Waals surface area contributed by atoms with E-state index < -0.39 is 22.3 Å². The highest BCUT2D eigenvalue weighted by Gasteiger charge is 2.23. The second-order valence-corrected chi connectivity index (χ2v) is 5.26. The van der Waals surface area contributed by atoms with Crippen LogP contribution in [0.2, 0.25) is 0 Å². The summed E-state index contributed by atoms with van der Waals surface area (Å²) < 4.78 is 46.6. The Bertz CT molecular complexity index is 643. The zero-order valence-corrected chi connectivity index (χ0v) is 12.5. The molecule has 0 aliphatic rings. The number of halogens is 4. The van der Waals surface area contributed by atoms with E-state index in [1.807, 2.05) is 0 Å². The molecule has 0 saturated heterocycles. The molecular formula is C15H12BrF3O. The van der Waals surface area contributed by atoms with E-state index in [1.165, 1.54) is 26.2 Å². The summed E-state index contributed by atoms with van der Waals surface area (Å²) in [5.74, 6) is -1.42. The highest BCUT2D eigenvalue weighted by atomic mass is 79.9. The smallest absolute Gasteiger partial charge is 0.131 e. The molecule has 0 aromatic heterocycles. The van der Waals surface area contributed by atoms with E-state index in [0.717, 1.165) is 12.1 Å². The summed E-state index contributed by atoms with van der Waals surface area (Å²) in [7, 11) is 1.39. The van der Waals surface area contributed by atoms with Gasteiger partial charge >= 0.3 is 0 Å². The summed E-state index contributed by atoms with van der Waals surface area (Å²) >= 11 is 3.22. The van der Waals surface area contributed by atoms with Gasteiger partial charge in [0.05, 0.1) is 11.9 Å². The lowest BCUT2D eigenvalue weighted by molar-refractivity contribution is 0.405. The first kappa shape index (κ1) is 14.9. The van der Waals surface area contributed by atoms with Crippen molar-refractivity contribution in [2.75, 3.05) is 7.11 Å². The molecule has 0 aliphatic carbocycles. The number of alkyl halides is 1. The van der Waals surface area contributed by atoms with Crippen LogP contribution in [-0.4, -0.2) is 7.11 Å². The van der Waals surface area contributed by atoms with Crippen molar-refractivity contribution in [2.45, 2.75) is 11.8 Å². The maximum atomic E-state index is 14.0. The Morgan fingerprint density at radius 1 is 1.05 bits per heavy atom. The van der Waals surface area contributed by atoms with Gasteiger partial charge in [-0.1, -0.05) is 22.0 Å². The third-order valence-electron chi connectivity index (χ3n) is 3.04. The number of hydrogen-bond donors (Lipinski definition) is 0. The molecule has 2 rings (SSSR count). The van der Waals surface area contributed by atoms with Crippen molar-refractivity contribution >= 4 is 15.9 Å². The minimum absolute atomic E-state index is 0.0245. The lowest BCUT2D eigenvalue weighted by Gasteiger charge is -2.16. The van der Waals surface area contributed by atoms with Crippen molar-refractivity contribution in [3.05, 3.63) is 64.5 Å². The Morgan fingerprint density at radius 3 is 2.40 bits per heavy atom. The van der Waals surface area contributed by atoms with Gasteiger partial charge in [0.25, 0.3) is 0 Å². The summed E-state index contributed by atoms with van der Waals surface area (Å²) in [5.41, 5.74) is 0.361. The number of benzene rings is 2. The Kier molecular flexibility index (Phi) is 4.38. The molecule has 0 bridgehead atoms. The molecule has 0 heterocycles. The first-order chi connectivity index (χ1) is 9.45. The number of rotatable bonds is 3. The Hall–Kier alpha value is -1.49. The molecule has 0 N–H and O–H groups in total. The van der Waals surface area contributed by atoms with Crippen LogP contribution in [0.25, 0.3) is 0 Å². The van der Waals surface area contributed by atoms with Crippen LogP contribution in [0.15, 0.2) is 30.3 Å². The van der Waals surface area contributed by atoms with Crippen molar-refractivity contribution in [3.63, 3.8) is 0 Å². The van der Waals surface area contributed by atoms with Crippen LogP contribution < -0.4 is 4.74 Å². The fraction of sp³-hybridized carbons (Fsp3) is 0.200. The van der Waals surface area contributed by atoms with E-state index in [9.17, 15) is 13.2 Å². The maximum Gasteiger partial charge on any atom is 0.131 e. The lowest BCUT2D eigenvalue weighted by Crippen LogP contribution is -2.04. The molecule has 1 unspecified atom stereocenters. The molecule has 2 aromatic carbocycles. The molecule has 106 valence electrons. The van der Waals surface area contributed by atoms with Gasteiger partial charge in [-0.2, -0.15) is 0 Å². The Labute approximate surface area is 123 Å². The van der Waals surface area contributed by atoms with Gasteiger partial charge in [-0.3, -0.25) is 0 Å². The van der Waals surface area contributed by atoms with Gasteiger partial charge in [0.1, 0.15) is 23.2 Å². The SMILES string of the molecule is COc1cccc(F)c1C(Br)c1cc(F)c(C)cc1F. The van der Waals surface area contributed by atoms with E-state index >= 15 is 0 Å². The normalized spacial score (nSPS) is 12.3. The second kappa shape index (κ2) is 5.87. The van der Waals surface area contributed by atoms with Gasteiger partial charge in [-0.25, -0.2) is 13.2 Å². The molecule has 5 heteroatoms. The lowest BCUT2D eigenvalue weighted by atomic mass is 10.0. The second-order valence-electron chi connectivity index (χ2n) is 4.34. The van der Waals surface area contributed by atoms with Gasteiger partial charge in [0, 0.05) is 11.1 Å². The molecule has 0 amide bonds. The summed E-state index contributed by atoms with van der Waals surface area (Å²) in [4.78, 5) is -0.839. The van der Waals surface area contributed by atoms with Crippen LogP contribution in [0.5, 0.6) is 5.75 Å². The van der Waals surface area contributed by atoms with Crippen LogP contribution >= 0.6 is 15.9 Å². The molecular weight excluding hydrogens is 333 g/mol. The Balaban J connectivity index is 2.57. The largest absolute Gasteiger partial charge is 0.496 e. The topological polar surface area (TPSA) is 9.23 Å². The van der Waals surface area contributed by atoms with Gasteiger partial charge in [0.15, 0.2) is 0 Å². The molecule has 0 radical (unpaired) electrons. The zero-order valence-electron chi connectivity index (χ0n) is 10.9. The standard InChI is InChI=1S/C15H12BrF3O/c1-8-6-12(19)9(7-11(8)18)15(16)14-10(17)4-3-5-13(14)20-2/h3-7,15H,1-2H3. The van der Waals surface area contributed by atoms with Crippen molar-refractivity contribution in [2.24, 2.45) is 0 Å². The molecule has 0 aliphatic heterocycles. The predicted molar refractivity (Wildman–Crippen MR) is 74.8 cm³/mol. The summed E-state index contributed by atoms with van der Waals surface area (Å²) in [6.07, 6.45) is 0. The van der Waals surface area contributed by atoms with E-state index in [0.29, 0.717) is 0 Å². The molecule has 20 heavy (non-hydrogen) atoms. The highest BCUT2D eigenvalue weighted by molar-refractivity contribution is 9.09. The van der Waals surface area contributed by atoms with Crippen LogP contribution in [0.3, 0.4) is 0 Å². The van der Waals surface area contributed by atoms with Crippen LogP contribution in [0.4, 0.5) is 13.2 Å². The van der Waals surface area contributed by atoms with Crippen molar-refractivity contribution < 1.29 is 17.9 Å². The Morgan fingerprint density at radius 2 is 1.75 bits per heavy atom. The summed E-state index contributed by atoms with van der Waals surface area (Å²) in [6.45, 7) is 1.47. The third kappa shape index (κ3) is 2.68. The van der Waals surface area contributed by atoms with Gasteiger partial charge in [-0.05, 0) is 36.8 Å². The molecule has 2 aromatic rings. The summed E-state index contributed by atoms with van der Waals surface area (Å²) in [6, 6.07) is 6.45. The fourth-order valence-electron chi connectivity index (χ4n) is 1.95. The van der Waals surface area contributed by atoms with Crippen molar-refractivity contribution in [1.29, 1.82) is 0 Å². The van der Waals surface area contributed by atoms with E-state index in [1.54, 1.807) is 6.07 Å². The minimum atomic E-state index is -0.839. The van der Waals surface area contributed by atoms with E-state index in [2.05, 4.69) is 15.9 Å². The van der Waals surface area contributed by atoms with Crippen LogP contribution in [-0.2, 0) is 0 Å². The average Bonchev–Trinajstić information content (AvgIpc) is 2.41. The van der Waals surface area contributed by atoms with Crippen molar-refractivity contribution in [1.82, 2.24) is 0 Å². The average molecular weight is 345 g/mol. The van der Waals surface area contributed by atoms with E-state index in [4.69, 9.17) is 4.74 Å². The summed E-state index contributed by atoms with van der Waals surface area (Å²) in [5, 5.41) is 0. The highest BCUT2D eigenvalue weighted by Crippen LogP contribution is 2.39. The third-order valence-corrected chi connectivity index (χ3v) is 3.99. The first-order valence-electron chi connectivity index (χ1n) is 5.87. The monoisotopic (exact) mass is 344 g/mol. The quantitative estimate of drug-likeness (QED) is 0.719. The number of ether oxygens (including phenoxy) is 1.